The van der Waals surface area contributed by atoms with E-state index in [0.29, 0.717) is 12.1 Å². The summed E-state index contributed by atoms with van der Waals surface area (Å²) in [6.45, 7) is 4.02. The molecule has 4 nitrogen and oxygen atoms in total. The third kappa shape index (κ3) is 3.50. The molecule has 2 saturated heterocycles. The lowest BCUT2D eigenvalue weighted by Gasteiger charge is -2.41. The fourth-order valence-electron chi connectivity index (χ4n) is 3.67. The molecule has 0 aliphatic carbocycles. The standard InChI is InChI=1S/C18H26N2O2/c1-22-17-9-13-19(14-10-17)16-7-11-20(12-8-16)18(21)15-5-3-2-4-6-15/h2-6,16-17H,7-14H2,1H3. The molecule has 2 aliphatic heterocycles. The fourth-order valence-corrected chi connectivity index (χ4v) is 3.67. The van der Waals surface area contributed by atoms with E-state index in [9.17, 15) is 4.79 Å². The molecule has 120 valence electrons. The van der Waals surface area contributed by atoms with E-state index in [4.69, 9.17) is 4.74 Å². The van der Waals surface area contributed by atoms with Crippen LogP contribution in [0, 0.1) is 0 Å². The van der Waals surface area contributed by atoms with Gasteiger partial charge in [-0.1, -0.05) is 18.2 Å². The van der Waals surface area contributed by atoms with Gasteiger partial charge < -0.3 is 14.5 Å². The van der Waals surface area contributed by atoms with Crippen LogP contribution in [0.5, 0.6) is 0 Å². The monoisotopic (exact) mass is 302 g/mol. The maximum absolute atomic E-state index is 12.5. The molecule has 3 rings (SSSR count). The van der Waals surface area contributed by atoms with E-state index in [0.717, 1.165) is 57.4 Å². The molecule has 1 aromatic carbocycles. The Balaban J connectivity index is 1.49. The minimum Gasteiger partial charge on any atom is -0.381 e. The van der Waals surface area contributed by atoms with Crippen LogP contribution in [-0.4, -0.2) is 61.1 Å². The maximum atomic E-state index is 12.5. The van der Waals surface area contributed by atoms with E-state index < -0.39 is 0 Å². The molecule has 1 aromatic rings. The molecule has 0 aromatic heterocycles. The zero-order valence-electron chi connectivity index (χ0n) is 13.4. The number of hydrogen-bond acceptors (Lipinski definition) is 3. The Hall–Kier alpha value is -1.39. The van der Waals surface area contributed by atoms with Crippen molar-refractivity contribution in [2.24, 2.45) is 0 Å². The summed E-state index contributed by atoms with van der Waals surface area (Å²) < 4.78 is 5.44. The van der Waals surface area contributed by atoms with Crippen LogP contribution in [-0.2, 0) is 4.74 Å². The largest absolute Gasteiger partial charge is 0.381 e. The quantitative estimate of drug-likeness (QED) is 0.859. The van der Waals surface area contributed by atoms with Crippen molar-refractivity contribution < 1.29 is 9.53 Å². The second kappa shape index (κ2) is 7.25. The first-order chi connectivity index (χ1) is 10.8. The average Bonchev–Trinajstić information content (AvgIpc) is 2.62. The van der Waals surface area contributed by atoms with E-state index >= 15 is 0 Å². The lowest BCUT2D eigenvalue weighted by molar-refractivity contribution is 0.0145. The van der Waals surface area contributed by atoms with Crippen molar-refractivity contribution in [3.8, 4) is 0 Å². The predicted molar refractivity (Wildman–Crippen MR) is 87.0 cm³/mol. The third-order valence-electron chi connectivity index (χ3n) is 5.10. The fraction of sp³-hybridized carbons (Fsp3) is 0.611. The number of carbonyl (C=O) groups is 1. The highest BCUT2D eigenvalue weighted by Gasteiger charge is 2.29. The Labute approximate surface area is 133 Å². The van der Waals surface area contributed by atoms with Crippen molar-refractivity contribution in [3.63, 3.8) is 0 Å². The molecular formula is C18H26N2O2. The molecule has 4 heteroatoms. The van der Waals surface area contributed by atoms with Crippen LogP contribution in [0.2, 0.25) is 0 Å². The molecule has 2 heterocycles. The number of hydrogen-bond donors (Lipinski definition) is 0. The summed E-state index contributed by atoms with van der Waals surface area (Å²) in [4.78, 5) is 17.1. The van der Waals surface area contributed by atoms with Gasteiger partial charge in [-0.05, 0) is 37.8 Å². The summed E-state index contributed by atoms with van der Waals surface area (Å²) in [6, 6.07) is 10.3. The van der Waals surface area contributed by atoms with Gasteiger partial charge >= 0.3 is 0 Å². The van der Waals surface area contributed by atoms with Gasteiger partial charge in [-0.3, -0.25) is 4.79 Å². The second-order valence-corrected chi connectivity index (χ2v) is 6.36. The SMILES string of the molecule is COC1CCN(C2CCN(C(=O)c3ccccc3)CC2)CC1. The number of rotatable bonds is 3. The molecule has 0 atom stereocenters. The van der Waals surface area contributed by atoms with Crippen molar-refractivity contribution in [3.05, 3.63) is 35.9 Å². The number of carbonyl (C=O) groups excluding carboxylic acids is 1. The first-order valence-electron chi connectivity index (χ1n) is 8.39. The van der Waals surface area contributed by atoms with Crippen molar-refractivity contribution in [2.45, 2.75) is 37.8 Å². The Bertz CT molecular complexity index is 475. The van der Waals surface area contributed by atoms with Gasteiger partial charge in [0.1, 0.15) is 0 Å². The second-order valence-electron chi connectivity index (χ2n) is 6.36. The molecule has 0 radical (unpaired) electrons. The van der Waals surface area contributed by atoms with Gasteiger partial charge in [0.2, 0.25) is 0 Å². The summed E-state index contributed by atoms with van der Waals surface area (Å²) in [5.41, 5.74) is 0.807. The normalized spacial score (nSPS) is 22.0. The zero-order chi connectivity index (χ0) is 15.4. The van der Waals surface area contributed by atoms with Gasteiger partial charge in [-0.2, -0.15) is 0 Å². The summed E-state index contributed by atoms with van der Waals surface area (Å²) in [7, 11) is 1.81. The molecule has 0 saturated carbocycles. The van der Waals surface area contributed by atoms with Crippen LogP contribution >= 0.6 is 0 Å². The lowest BCUT2D eigenvalue weighted by atomic mass is 9.98. The molecule has 0 spiro atoms. The zero-order valence-corrected chi connectivity index (χ0v) is 13.4. The Morgan fingerprint density at radius 2 is 1.64 bits per heavy atom. The molecule has 1 amide bonds. The van der Waals surface area contributed by atoms with Crippen molar-refractivity contribution in [1.82, 2.24) is 9.80 Å². The number of piperidine rings is 2. The van der Waals surface area contributed by atoms with Crippen LogP contribution in [0.25, 0.3) is 0 Å². The number of likely N-dealkylation sites (tertiary alicyclic amines) is 2. The topological polar surface area (TPSA) is 32.8 Å². The third-order valence-corrected chi connectivity index (χ3v) is 5.10. The highest BCUT2D eigenvalue weighted by molar-refractivity contribution is 5.94. The Morgan fingerprint density at radius 3 is 2.23 bits per heavy atom. The van der Waals surface area contributed by atoms with E-state index in [1.165, 1.54) is 0 Å². The van der Waals surface area contributed by atoms with Gasteiger partial charge in [-0.25, -0.2) is 0 Å². The minimum absolute atomic E-state index is 0.178. The summed E-state index contributed by atoms with van der Waals surface area (Å²) in [5.74, 6) is 0.178. The maximum Gasteiger partial charge on any atom is 0.253 e. The molecule has 2 fully saturated rings. The summed E-state index contributed by atoms with van der Waals surface area (Å²) >= 11 is 0. The Kier molecular flexibility index (Phi) is 5.11. The number of benzene rings is 1. The highest BCUT2D eigenvalue weighted by Crippen LogP contribution is 2.22. The van der Waals surface area contributed by atoms with Crippen molar-refractivity contribution in [2.75, 3.05) is 33.3 Å². The van der Waals surface area contributed by atoms with E-state index in [1.807, 2.05) is 42.3 Å². The van der Waals surface area contributed by atoms with Crippen LogP contribution in [0.4, 0.5) is 0 Å². The number of methoxy groups -OCH3 is 1. The number of amides is 1. The van der Waals surface area contributed by atoms with Crippen molar-refractivity contribution >= 4 is 5.91 Å². The van der Waals surface area contributed by atoms with Crippen LogP contribution in [0.15, 0.2) is 30.3 Å². The molecular weight excluding hydrogens is 276 g/mol. The minimum atomic E-state index is 0.178. The lowest BCUT2D eigenvalue weighted by Crippen LogP contribution is -2.49. The number of ether oxygens (including phenoxy) is 1. The summed E-state index contributed by atoms with van der Waals surface area (Å²) in [5, 5.41) is 0. The van der Waals surface area contributed by atoms with E-state index in [2.05, 4.69) is 4.90 Å². The molecule has 2 aliphatic rings. The van der Waals surface area contributed by atoms with E-state index in [1.54, 1.807) is 0 Å². The van der Waals surface area contributed by atoms with Gasteiger partial charge in [-0.15, -0.1) is 0 Å². The molecule has 0 bridgehead atoms. The smallest absolute Gasteiger partial charge is 0.253 e. The number of nitrogens with zero attached hydrogens (tertiary/aromatic N) is 2. The first-order valence-corrected chi connectivity index (χ1v) is 8.39. The van der Waals surface area contributed by atoms with Crippen LogP contribution in [0.1, 0.15) is 36.0 Å². The van der Waals surface area contributed by atoms with Crippen LogP contribution in [0.3, 0.4) is 0 Å². The van der Waals surface area contributed by atoms with Crippen molar-refractivity contribution in [1.29, 1.82) is 0 Å². The average molecular weight is 302 g/mol. The van der Waals surface area contributed by atoms with Gasteiger partial charge in [0, 0.05) is 44.9 Å². The molecule has 0 unspecified atom stereocenters. The predicted octanol–water partition coefficient (Wildman–Crippen LogP) is 2.40. The molecule has 22 heavy (non-hydrogen) atoms. The first kappa shape index (κ1) is 15.5. The molecule has 0 N–H and O–H groups in total. The van der Waals surface area contributed by atoms with Crippen LogP contribution < -0.4 is 0 Å². The highest BCUT2D eigenvalue weighted by atomic mass is 16.5. The summed E-state index contributed by atoms with van der Waals surface area (Å²) in [6.07, 6.45) is 4.90. The van der Waals surface area contributed by atoms with Gasteiger partial charge in [0.15, 0.2) is 0 Å². The van der Waals surface area contributed by atoms with Gasteiger partial charge in [0.25, 0.3) is 5.91 Å². The Morgan fingerprint density at radius 1 is 1.00 bits per heavy atom. The van der Waals surface area contributed by atoms with Gasteiger partial charge in [0.05, 0.1) is 6.10 Å². The van der Waals surface area contributed by atoms with E-state index in [-0.39, 0.29) is 5.91 Å².